The molecule has 0 bridgehead atoms. The van der Waals surface area contributed by atoms with Crippen molar-refractivity contribution >= 4 is 5.91 Å². The van der Waals surface area contributed by atoms with E-state index >= 15 is 0 Å². The van der Waals surface area contributed by atoms with Gasteiger partial charge in [-0.1, -0.05) is 76.5 Å². The van der Waals surface area contributed by atoms with Gasteiger partial charge >= 0.3 is 0 Å². The van der Waals surface area contributed by atoms with E-state index in [-0.39, 0.29) is 5.91 Å². The minimum absolute atomic E-state index is 0.189. The van der Waals surface area contributed by atoms with Gasteiger partial charge < -0.3 is 5.32 Å². The number of rotatable bonds is 18. The monoisotopic (exact) mass is 335 g/mol. The Balaban J connectivity index is 3.17. The van der Waals surface area contributed by atoms with Gasteiger partial charge in [-0.2, -0.15) is 0 Å². The summed E-state index contributed by atoms with van der Waals surface area (Å²) < 4.78 is 0. The Labute approximate surface area is 151 Å². The number of nitrogens with one attached hydrogen (secondary N) is 1. The van der Waals surface area contributed by atoms with Crippen LogP contribution in [0.5, 0.6) is 0 Å². The standard InChI is InChI=1S/C22H41NO/c1-3-5-7-8-9-10-11-12-13-14-15-16-17-18-19-20-22(24)23-21-6-4-2/h4,12-13H,2-3,5-11,14-21H2,1H3,(H,23,24)/b13-12-. The van der Waals surface area contributed by atoms with Crippen molar-refractivity contribution in [1.29, 1.82) is 0 Å². The highest BCUT2D eigenvalue weighted by atomic mass is 16.1. The third-order valence-electron chi connectivity index (χ3n) is 4.34. The zero-order valence-corrected chi connectivity index (χ0v) is 16.2. The third-order valence-corrected chi connectivity index (χ3v) is 4.34. The van der Waals surface area contributed by atoms with Crippen molar-refractivity contribution in [2.75, 3.05) is 6.54 Å². The highest BCUT2D eigenvalue weighted by Gasteiger charge is 1.99. The summed E-state index contributed by atoms with van der Waals surface area (Å²) in [5, 5.41) is 2.91. The molecule has 0 saturated carbocycles. The second-order valence-corrected chi connectivity index (χ2v) is 6.76. The first-order valence-electron chi connectivity index (χ1n) is 10.3. The first-order valence-corrected chi connectivity index (χ1v) is 10.3. The predicted octanol–water partition coefficient (Wildman–Crippen LogP) is 6.72. The van der Waals surface area contributed by atoms with Crippen LogP contribution in [0.2, 0.25) is 0 Å². The van der Waals surface area contributed by atoms with Crippen molar-refractivity contribution in [2.24, 2.45) is 0 Å². The predicted molar refractivity (Wildman–Crippen MR) is 107 cm³/mol. The quantitative estimate of drug-likeness (QED) is 0.219. The van der Waals surface area contributed by atoms with E-state index in [0.717, 1.165) is 19.4 Å². The average molecular weight is 336 g/mol. The zero-order chi connectivity index (χ0) is 17.7. The Morgan fingerprint density at radius 3 is 1.92 bits per heavy atom. The number of amides is 1. The molecule has 1 N–H and O–H groups in total. The van der Waals surface area contributed by atoms with Gasteiger partial charge in [-0.05, 0) is 38.5 Å². The molecule has 0 fully saturated rings. The Bertz CT molecular complexity index is 309. The van der Waals surface area contributed by atoms with Crippen LogP contribution in [0.25, 0.3) is 0 Å². The molecular formula is C22H41NO. The minimum Gasteiger partial charge on any atom is -0.356 e. The summed E-state index contributed by atoms with van der Waals surface area (Å²) in [4.78, 5) is 11.5. The molecule has 0 radical (unpaired) electrons. The van der Waals surface area contributed by atoms with Crippen molar-refractivity contribution in [1.82, 2.24) is 5.32 Å². The summed E-state index contributed by atoms with van der Waals surface area (Å²) in [6.45, 7) is 6.65. The van der Waals surface area contributed by atoms with Gasteiger partial charge in [0.2, 0.25) is 5.91 Å². The highest BCUT2D eigenvalue weighted by molar-refractivity contribution is 5.75. The molecule has 140 valence electrons. The molecule has 0 rings (SSSR count). The second kappa shape index (κ2) is 20.0. The van der Waals surface area contributed by atoms with Gasteiger partial charge in [-0.15, -0.1) is 6.58 Å². The second-order valence-electron chi connectivity index (χ2n) is 6.76. The molecule has 0 aromatic carbocycles. The fourth-order valence-electron chi connectivity index (χ4n) is 2.76. The number of allylic oxidation sites excluding steroid dienone is 2. The summed E-state index contributed by atoms with van der Waals surface area (Å²) in [7, 11) is 0. The van der Waals surface area contributed by atoms with Crippen molar-refractivity contribution in [3.05, 3.63) is 24.8 Å². The topological polar surface area (TPSA) is 29.1 Å². The average Bonchev–Trinajstić information content (AvgIpc) is 2.58. The van der Waals surface area contributed by atoms with Crippen LogP contribution in [-0.2, 0) is 4.79 Å². The lowest BCUT2D eigenvalue weighted by molar-refractivity contribution is -0.121. The van der Waals surface area contributed by atoms with Gasteiger partial charge in [0.15, 0.2) is 0 Å². The maximum absolute atomic E-state index is 11.5. The fourth-order valence-corrected chi connectivity index (χ4v) is 2.76. The molecule has 0 aliphatic heterocycles. The number of unbranched alkanes of at least 4 members (excludes halogenated alkanes) is 11. The number of carbonyl (C=O) groups excluding carboxylic acids is 1. The molecular weight excluding hydrogens is 294 g/mol. The van der Waals surface area contributed by atoms with Crippen molar-refractivity contribution < 1.29 is 4.79 Å². The number of carbonyl (C=O) groups is 1. The highest BCUT2D eigenvalue weighted by Crippen LogP contribution is 2.09. The summed E-state index contributed by atoms with van der Waals surface area (Å²) in [6, 6.07) is 0. The third kappa shape index (κ3) is 19.0. The summed E-state index contributed by atoms with van der Waals surface area (Å²) >= 11 is 0. The van der Waals surface area contributed by atoms with E-state index in [2.05, 4.69) is 31.0 Å². The Hall–Kier alpha value is -1.05. The molecule has 2 heteroatoms. The molecule has 0 saturated heterocycles. The molecule has 0 aliphatic carbocycles. The molecule has 0 spiro atoms. The van der Waals surface area contributed by atoms with Crippen LogP contribution in [0.15, 0.2) is 24.8 Å². The van der Waals surface area contributed by atoms with Gasteiger partial charge in [0.05, 0.1) is 0 Å². The summed E-state index contributed by atoms with van der Waals surface area (Å²) in [5.74, 6) is 0.189. The van der Waals surface area contributed by atoms with E-state index in [4.69, 9.17) is 0 Å². The molecule has 24 heavy (non-hydrogen) atoms. The molecule has 0 heterocycles. The zero-order valence-electron chi connectivity index (χ0n) is 16.2. The van der Waals surface area contributed by atoms with Gasteiger partial charge in [0.1, 0.15) is 0 Å². The maximum Gasteiger partial charge on any atom is 0.220 e. The molecule has 2 nitrogen and oxygen atoms in total. The Kier molecular flexibility index (Phi) is 19.1. The van der Waals surface area contributed by atoms with E-state index in [1.807, 2.05) is 6.08 Å². The largest absolute Gasteiger partial charge is 0.356 e. The molecule has 0 aliphatic rings. The maximum atomic E-state index is 11.5. The van der Waals surface area contributed by atoms with Gasteiger partial charge in [-0.25, -0.2) is 0 Å². The van der Waals surface area contributed by atoms with Crippen LogP contribution in [0.1, 0.15) is 103 Å². The van der Waals surface area contributed by atoms with Gasteiger partial charge in [0, 0.05) is 13.0 Å². The lowest BCUT2D eigenvalue weighted by atomic mass is 10.1. The normalized spacial score (nSPS) is 11.0. The van der Waals surface area contributed by atoms with Crippen LogP contribution < -0.4 is 5.32 Å². The van der Waals surface area contributed by atoms with Crippen molar-refractivity contribution in [2.45, 2.75) is 103 Å². The first kappa shape index (κ1) is 22.9. The van der Waals surface area contributed by atoms with E-state index in [1.54, 1.807) is 0 Å². The van der Waals surface area contributed by atoms with E-state index in [0.29, 0.717) is 6.42 Å². The Morgan fingerprint density at radius 2 is 1.33 bits per heavy atom. The lowest BCUT2D eigenvalue weighted by Crippen LogP contribution is -2.23. The van der Waals surface area contributed by atoms with Crippen molar-refractivity contribution in [3.8, 4) is 0 Å². The van der Waals surface area contributed by atoms with Crippen LogP contribution in [-0.4, -0.2) is 12.5 Å². The summed E-state index contributed by atoms with van der Waals surface area (Å²) in [5.41, 5.74) is 0. The van der Waals surface area contributed by atoms with E-state index in [1.165, 1.54) is 77.0 Å². The SMILES string of the molecule is C=CCCNC(=O)CCCCCCC/C=C\CCCCCCCC. The number of hydrogen-bond acceptors (Lipinski definition) is 1. The summed E-state index contributed by atoms with van der Waals surface area (Å²) in [6.07, 6.45) is 24.9. The molecule has 0 atom stereocenters. The van der Waals surface area contributed by atoms with Crippen LogP contribution in [0.3, 0.4) is 0 Å². The van der Waals surface area contributed by atoms with Crippen molar-refractivity contribution in [3.63, 3.8) is 0 Å². The van der Waals surface area contributed by atoms with Gasteiger partial charge in [0.25, 0.3) is 0 Å². The molecule has 1 amide bonds. The molecule has 0 unspecified atom stereocenters. The van der Waals surface area contributed by atoms with Crippen LogP contribution in [0, 0.1) is 0 Å². The minimum atomic E-state index is 0.189. The first-order chi connectivity index (χ1) is 11.8. The van der Waals surface area contributed by atoms with E-state index in [9.17, 15) is 4.79 Å². The molecule has 0 aromatic heterocycles. The van der Waals surface area contributed by atoms with Crippen LogP contribution in [0.4, 0.5) is 0 Å². The Morgan fingerprint density at radius 1 is 0.792 bits per heavy atom. The smallest absolute Gasteiger partial charge is 0.220 e. The van der Waals surface area contributed by atoms with Gasteiger partial charge in [-0.3, -0.25) is 4.79 Å². The lowest BCUT2D eigenvalue weighted by Gasteiger charge is -2.03. The molecule has 0 aromatic rings. The fraction of sp³-hybridized carbons (Fsp3) is 0.773. The van der Waals surface area contributed by atoms with E-state index < -0.39 is 0 Å². The van der Waals surface area contributed by atoms with Crippen LogP contribution >= 0.6 is 0 Å². The number of hydrogen-bond donors (Lipinski definition) is 1.